The van der Waals surface area contributed by atoms with Crippen LogP contribution in [0, 0.1) is 11.8 Å². The smallest absolute Gasteiger partial charge is 0.00953 e. The molecule has 1 atom stereocenters. The Morgan fingerprint density at radius 2 is 1.53 bits per heavy atom. The van der Waals surface area contributed by atoms with Gasteiger partial charge in [0.15, 0.2) is 0 Å². The number of likely N-dealkylation sites (tertiary alicyclic amines) is 1. The van der Waals surface area contributed by atoms with Crippen LogP contribution in [0.25, 0.3) is 0 Å². The van der Waals surface area contributed by atoms with Crippen molar-refractivity contribution < 1.29 is 0 Å². The van der Waals surface area contributed by atoms with Crippen molar-refractivity contribution in [3.63, 3.8) is 0 Å². The van der Waals surface area contributed by atoms with Gasteiger partial charge in [0.2, 0.25) is 0 Å². The summed E-state index contributed by atoms with van der Waals surface area (Å²) < 4.78 is 0. The molecular weight excluding hydrogens is 208 g/mol. The Labute approximate surface area is 106 Å². The molecule has 2 aliphatic heterocycles. The first-order valence-electron chi connectivity index (χ1n) is 7.88. The van der Waals surface area contributed by atoms with Gasteiger partial charge in [-0.15, -0.1) is 0 Å². The molecule has 0 aromatic heterocycles. The molecule has 3 fully saturated rings. The molecule has 0 aromatic carbocycles. The first-order chi connectivity index (χ1) is 8.43. The number of hydrogen-bond donors (Lipinski definition) is 1. The van der Waals surface area contributed by atoms with Crippen LogP contribution in [0.15, 0.2) is 0 Å². The van der Waals surface area contributed by atoms with E-state index in [2.05, 4.69) is 10.2 Å². The fourth-order valence-corrected chi connectivity index (χ4v) is 4.34. The lowest BCUT2D eigenvalue weighted by Gasteiger charge is -2.41. The summed E-state index contributed by atoms with van der Waals surface area (Å²) >= 11 is 0. The summed E-state index contributed by atoms with van der Waals surface area (Å²) in [5.41, 5.74) is 0. The molecule has 0 unspecified atom stereocenters. The first-order valence-corrected chi connectivity index (χ1v) is 7.88. The molecule has 0 aromatic rings. The van der Waals surface area contributed by atoms with Crippen molar-refractivity contribution in [2.75, 3.05) is 26.2 Å². The van der Waals surface area contributed by atoms with Crippen molar-refractivity contribution in [3.05, 3.63) is 0 Å². The predicted octanol–water partition coefficient (Wildman–Crippen LogP) is 2.64. The molecule has 3 aliphatic rings. The van der Waals surface area contributed by atoms with Gasteiger partial charge < -0.3 is 10.2 Å². The summed E-state index contributed by atoms with van der Waals surface area (Å²) in [4.78, 5) is 2.85. The normalized spacial score (nSPS) is 34.2. The van der Waals surface area contributed by atoms with Gasteiger partial charge in [-0.2, -0.15) is 0 Å². The standard InChI is InChI=1S/C15H28N2/c1-2-6-15(5-1)17-11-3-4-14(12-17)13-7-9-16-10-8-13/h13-16H,1-12H2/t14-/m0/s1. The van der Waals surface area contributed by atoms with Gasteiger partial charge in [0.05, 0.1) is 0 Å². The van der Waals surface area contributed by atoms with Crippen LogP contribution in [0.2, 0.25) is 0 Å². The van der Waals surface area contributed by atoms with E-state index in [0.29, 0.717) is 0 Å². The summed E-state index contributed by atoms with van der Waals surface area (Å²) in [7, 11) is 0. The fraction of sp³-hybridized carbons (Fsp3) is 1.00. The maximum Gasteiger partial charge on any atom is 0.00953 e. The van der Waals surface area contributed by atoms with Crippen LogP contribution in [0.4, 0.5) is 0 Å². The summed E-state index contributed by atoms with van der Waals surface area (Å²) in [6.45, 7) is 5.36. The van der Waals surface area contributed by atoms with Gasteiger partial charge in [-0.25, -0.2) is 0 Å². The number of rotatable bonds is 2. The van der Waals surface area contributed by atoms with E-state index in [1.807, 2.05) is 0 Å². The third-order valence-electron chi connectivity index (χ3n) is 5.38. The molecule has 2 nitrogen and oxygen atoms in total. The SMILES string of the molecule is C1CCC(N2CCC[C@H](C3CCNCC3)C2)C1. The molecular formula is C15H28N2. The zero-order valence-electron chi connectivity index (χ0n) is 11.2. The van der Waals surface area contributed by atoms with E-state index in [1.165, 1.54) is 77.5 Å². The quantitative estimate of drug-likeness (QED) is 0.793. The maximum atomic E-state index is 3.51. The van der Waals surface area contributed by atoms with E-state index in [1.54, 1.807) is 0 Å². The van der Waals surface area contributed by atoms with Crippen molar-refractivity contribution in [1.82, 2.24) is 10.2 Å². The molecule has 0 spiro atoms. The van der Waals surface area contributed by atoms with Crippen LogP contribution in [0.5, 0.6) is 0 Å². The Hall–Kier alpha value is -0.0800. The number of nitrogens with zero attached hydrogens (tertiary/aromatic N) is 1. The van der Waals surface area contributed by atoms with Crippen LogP contribution in [0.3, 0.4) is 0 Å². The van der Waals surface area contributed by atoms with Gasteiger partial charge in [-0.3, -0.25) is 0 Å². The first kappa shape index (κ1) is 12.0. The Balaban J connectivity index is 1.54. The Kier molecular flexibility index (Phi) is 4.02. The summed E-state index contributed by atoms with van der Waals surface area (Å²) in [6.07, 6.45) is 11.8. The van der Waals surface area contributed by atoms with Gasteiger partial charge in [0.25, 0.3) is 0 Å². The summed E-state index contributed by atoms with van der Waals surface area (Å²) in [5.74, 6) is 2.05. The van der Waals surface area contributed by atoms with Gasteiger partial charge >= 0.3 is 0 Å². The number of hydrogen-bond acceptors (Lipinski definition) is 2. The zero-order chi connectivity index (χ0) is 11.5. The predicted molar refractivity (Wildman–Crippen MR) is 72.1 cm³/mol. The average molecular weight is 236 g/mol. The molecule has 2 heterocycles. The molecule has 1 aliphatic carbocycles. The molecule has 17 heavy (non-hydrogen) atoms. The highest BCUT2D eigenvalue weighted by Crippen LogP contribution is 2.33. The molecule has 0 radical (unpaired) electrons. The second-order valence-electron chi connectivity index (χ2n) is 6.42. The fourth-order valence-electron chi connectivity index (χ4n) is 4.34. The highest BCUT2D eigenvalue weighted by Gasteiger charge is 2.31. The van der Waals surface area contributed by atoms with Crippen LogP contribution in [0.1, 0.15) is 51.4 Å². The average Bonchev–Trinajstić information content (AvgIpc) is 2.94. The second-order valence-corrected chi connectivity index (χ2v) is 6.42. The van der Waals surface area contributed by atoms with Crippen molar-refractivity contribution >= 4 is 0 Å². The number of nitrogens with one attached hydrogen (secondary N) is 1. The van der Waals surface area contributed by atoms with E-state index in [0.717, 1.165) is 17.9 Å². The molecule has 1 N–H and O–H groups in total. The Morgan fingerprint density at radius 1 is 0.765 bits per heavy atom. The largest absolute Gasteiger partial charge is 0.317 e. The Bertz CT molecular complexity index is 229. The van der Waals surface area contributed by atoms with Crippen LogP contribution < -0.4 is 5.32 Å². The van der Waals surface area contributed by atoms with Gasteiger partial charge in [0.1, 0.15) is 0 Å². The van der Waals surface area contributed by atoms with Gasteiger partial charge in [0, 0.05) is 12.6 Å². The molecule has 3 rings (SSSR count). The Morgan fingerprint density at radius 3 is 2.29 bits per heavy atom. The van der Waals surface area contributed by atoms with E-state index in [-0.39, 0.29) is 0 Å². The monoisotopic (exact) mass is 236 g/mol. The van der Waals surface area contributed by atoms with Crippen LogP contribution >= 0.6 is 0 Å². The maximum absolute atomic E-state index is 3.51. The van der Waals surface area contributed by atoms with Crippen molar-refractivity contribution in [2.24, 2.45) is 11.8 Å². The van der Waals surface area contributed by atoms with E-state index in [4.69, 9.17) is 0 Å². The van der Waals surface area contributed by atoms with E-state index >= 15 is 0 Å². The number of piperidine rings is 2. The van der Waals surface area contributed by atoms with Gasteiger partial charge in [-0.1, -0.05) is 12.8 Å². The molecule has 2 heteroatoms. The van der Waals surface area contributed by atoms with E-state index in [9.17, 15) is 0 Å². The molecule has 2 saturated heterocycles. The highest BCUT2D eigenvalue weighted by molar-refractivity contribution is 4.86. The zero-order valence-corrected chi connectivity index (χ0v) is 11.2. The second kappa shape index (κ2) is 5.71. The highest BCUT2D eigenvalue weighted by atomic mass is 15.2. The lowest BCUT2D eigenvalue weighted by molar-refractivity contribution is 0.0854. The van der Waals surface area contributed by atoms with Crippen LogP contribution in [-0.2, 0) is 0 Å². The lowest BCUT2D eigenvalue weighted by Crippen LogP contribution is -2.45. The lowest BCUT2D eigenvalue weighted by atomic mass is 9.80. The molecule has 98 valence electrons. The molecule has 0 amide bonds. The van der Waals surface area contributed by atoms with E-state index < -0.39 is 0 Å². The van der Waals surface area contributed by atoms with Crippen molar-refractivity contribution in [3.8, 4) is 0 Å². The van der Waals surface area contributed by atoms with Gasteiger partial charge in [-0.05, 0) is 70.0 Å². The summed E-state index contributed by atoms with van der Waals surface area (Å²) in [6, 6.07) is 0.958. The minimum Gasteiger partial charge on any atom is -0.317 e. The van der Waals surface area contributed by atoms with Crippen molar-refractivity contribution in [2.45, 2.75) is 57.4 Å². The third-order valence-corrected chi connectivity index (χ3v) is 5.38. The minimum absolute atomic E-state index is 0.958. The van der Waals surface area contributed by atoms with Crippen LogP contribution in [-0.4, -0.2) is 37.1 Å². The summed E-state index contributed by atoms with van der Waals surface area (Å²) in [5, 5.41) is 3.51. The molecule has 0 bridgehead atoms. The topological polar surface area (TPSA) is 15.3 Å². The third kappa shape index (κ3) is 2.85. The van der Waals surface area contributed by atoms with Crippen molar-refractivity contribution in [1.29, 1.82) is 0 Å². The molecule has 1 saturated carbocycles. The minimum atomic E-state index is 0.958.